The summed E-state index contributed by atoms with van der Waals surface area (Å²) in [5.41, 5.74) is 0.460. The van der Waals surface area contributed by atoms with Gasteiger partial charge in [-0.05, 0) is 18.1 Å². The molecule has 0 aromatic heterocycles. The van der Waals surface area contributed by atoms with Gasteiger partial charge in [-0.3, -0.25) is 4.79 Å². The maximum atomic E-state index is 11.8. The van der Waals surface area contributed by atoms with Crippen molar-refractivity contribution in [2.45, 2.75) is 18.8 Å². The second kappa shape index (κ2) is 7.17. The van der Waals surface area contributed by atoms with Crippen molar-refractivity contribution in [3.8, 4) is 5.75 Å². The third-order valence-corrected chi connectivity index (χ3v) is 3.96. The molecule has 0 bridgehead atoms. The summed E-state index contributed by atoms with van der Waals surface area (Å²) in [5.74, 6) is -2.42. The van der Waals surface area contributed by atoms with Crippen LogP contribution in [0.3, 0.4) is 0 Å². The lowest BCUT2D eigenvalue weighted by molar-refractivity contribution is -0.121. The van der Waals surface area contributed by atoms with Gasteiger partial charge in [0.15, 0.2) is 0 Å². The van der Waals surface area contributed by atoms with Crippen LogP contribution in [0.2, 0.25) is 0 Å². The van der Waals surface area contributed by atoms with Crippen LogP contribution in [0.5, 0.6) is 5.75 Å². The molecule has 0 saturated heterocycles. The highest BCUT2D eigenvalue weighted by atomic mass is 32.2. The molecule has 1 atom stereocenters. The smallest absolute Gasteiger partial charge is 0.534 e. The van der Waals surface area contributed by atoms with Crippen LogP contribution in [0.25, 0.3) is 0 Å². The van der Waals surface area contributed by atoms with Crippen LogP contribution < -0.4 is 19.8 Å². The Balaban J connectivity index is 2.00. The van der Waals surface area contributed by atoms with Crippen LogP contribution >= 0.6 is 0 Å². The summed E-state index contributed by atoms with van der Waals surface area (Å²) in [7, 11) is -5.30. The van der Waals surface area contributed by atoms with Crippen molar-refractivity contribution in [2.24, 2.45) is 5.14 Å². The minimum Gasteiger partial charge on any atom is -0.534 e. The molecule has 0 saturated carbocycles. The quantitative estimate of drug-likeness (QED) is 0.367. The summed E-state index contributed by atoms with van der Waals surface area (Å²) in [6.07, 6.45) is -0.00630. The maximum absolute atomic E-state index is 11.8. The number of aromatic carboxylic acids is 1. The number of carboxylic acids is 1. The van der Waals surface area contributed by atoms with Crippen molar-refractivity contribution in [2.75, 3.05) is 6.54 Å². The van der Waals surface area contributed by atoms with Crippen molar-refractivity contribution in [1.29, 1.82) is 0 Å². The molecule has 0 radical (unpaired) electrons. The number of amides is 1. The van der Waals surface area contributed by atoms with Gasteiger partial charge in [-0.1, -0.05) is 12.1 Å². The van der Waals surface area contributed by atoms with E-state index in [1.54, 1.807) is 6.07 Å². The fourth-order valence-electron chi connectivity index (χ4n) is 2.30. The van der Waals surface area contributed by atoms with Gasteiger partial charge >= 0.3 is 13.1 Å². The zero-order valence-electron chi connectivity index (χ0n) is 12.4. The van der Waals surface area contributed by atoms with Gasteiger partial charge in [0, 0.05) is 13.0 Å². The largest absolute Gasteiger partial charge is 0.547 e. The van der Waals surface area contributed by atoms with Gasteiger partial charge in [0.1, 0.15) is 5.75 Å². The van der Waals surface area contributed by atoms with Crippen molar-refractivity contribution in [3.05, 3.63) is 29.3 Å². The summed E-state index contributed by atoms with van der Waals surface area (Å²) in [6.45, 7) is -0.186. The second-order valence-electron chi connectivity index (χ2n) is 5.17. The van der Waals surface area contributed by atoms with Gasteiger partial charge in [-0.25, -0.2) is 14.7 Å². The van der Waals surface area contributed by atoms with E-state index in [0.29, 0.717) is 5.56 Å². The van der Waals surface area contributed by atoms with Gasteiger partial charge in [-0.15, -0.1) is 0 Å². The normalized spacial score (nSPS) is 16.9. The molecule has 1 heterocycles. The highest BCUT2D eigenvalue weighted by molar-refractivity contribution is 7.87. The Morgan fingerprint density at radius 3 is 2.75 bits per heavy atom. The molecule has 130 valence electrons. The molecule has 12 heteroatoms. The number of hydrogen-bond acceptors (Lipinski definition) is 6. The Bertz CT molecular complexity index is 755. The van der Waals surface area contributed by atoms with E-state index in [1.807, 2.05) is 4.72 Å². The number of para-hydroxylation sites is 1. The van der Waals surface area contributed by atoms with Crippen LogP contribution in [0.15, 0.2) is 18.2 Å². The molecule has 1 aromatic carbocycles. The number of carbonyl (C=O) groups is 2. The van der Waals surface area contributed by atoms with Gasteiger partial charge in [0.25, 0.3) is 10.2 Å². The van der Waals surface area contributed by atoms with Gasteiger partial charge in [0.2, 0.25) is 5.91 Å². The monoisotopic (exact) mass is 357 g/mol. The second-order valence-corrected chi connectivity index (χ2v) is 6.55. The zero-order chi connectivity index (χ0) is 17.9. The number of carboxylic acid groups (broad SMARTS) is 1. The number of rotatable bonds is 6. The molecule has 1 aliphatic heterocycles. The van der Waals surface area contributed by atoms with E-state index in [1.165, 1.54) is 12.1 Å². The van der Waals surface area contributed by atoms with E-state index < -0.39 is 35.1 Å². The first-order valence-corrected chi connectivity index (χ1v) is 8.48. The fraction of sp³-hybridized carbons (Fsp3) is 0.333. The molecule has 6 N–H and O–H groups in total. The molecule has 0 aliphatic carbocycles. The van der Waals surface area contributed by atoms with Crippen molar-refractivity contribution >= 4 is 29.2 Å². The predicted octanol–water partition coefficient (Wildman–Crippen LogP) is -1.99. The number of nitrogens with one attached hydrogen (secondary N) is 2. The molecule has 1 aliphatic rings. The van der Waals surface area contributed by atoms with Crippen LogP contribution in [-0.2, 0) is 21.4 Å². The lowest BCUT2D eigenvalue weighted by Gasteiger charge is -2.28. The number of hydrogen-bond donors (Lipinski definition) is 5. The van der Waals surface area contributed by atoms with Gasteiger partial charge in [0.05, 0.1) is 11.5 Å². The fourth-order valence-corrected chi connectivity index (χ4v) is 2.69. The summed E-state index contributed by atoms with van der Waals surface area (Å²) < 4.78 is 28.6. The van der Waals surface area contributed by atoms with E-state index in [0.717, 1.165) is 0 Å². The summed E-state index contributed by atoms with van der Waals surface area (Å²) in [6, 6.07) is 4.53. The molecule has 0 spiro atoms. The minimum absolute atomic E-state index is 0.0684. The molecule has 10 nitrogen and oxygen atoms in total. The molecule has 1 aromatic rings. The molecular formula is C12H16BN3O7S. The lowest BCUT2D eigenvalue weighted by atomic mass is 9.72. The Morgan fingerprint density at radius 1 is 1.42 bits per heavy atom. The molecule has 0 fully saturated rings. The molecular weight excluding hydrogens is 341 g/mol. The number of benzene rings is 1. The third kappa shape index (κ3) is 4.68. The van der Waals surface area contributed by atoms with Crippen molar-refractivity contribution < 1.29 is 32.8 Å². The molecule has 1 amide bonds. The highest BCUT2D eigenvalue weighted by Crippen LogP contribution is 2.30. The van der Waals surface area contributed by atoms with E-state index >= 15 is 0 Å². The standard InChI is InChI=1S/C12H16BN3O7S/c14-24(21,22)15-5-4-10(17)16-9-6-7-2-1-3-8(12(18)19)11(7)23-13(9)20/h1-3,9,15,20H,4-6H2,(H,16,17)(H,18,19)(H2,14,21,22)/t9-/m0/s1. The average Bonchev–Trinajstić information content (AvgIpc) is 2.46. The Kier molecular flexibility index (Phi) is 5.44. The number of nitrogens with two attached hydrogens (primary N) is 1. The average molecular weight is 357 g/mol. The van der Waals surface area contributed by atoms with Crippen LogP contribution in [0, 0.1) is 0 Å². The van der Waals surface area contributed by atoms with Crippen molar-refractivity contribution in [3.63, 3.8) is 0 Å². The summed E-state index contributed by atoms with van der Waals surface area (Å²) in [4.78, 5) is 22.9. The van der Waals surface area contributed by atoms with E-state index in [2.05, 4.69) is 5.32 Å². The number of fused-ring (bicyclic) bond motifs is 1. The lowest BCUT2D eigenvalue weighted by Crippen LogP contribution is -2.53. The topological polar surface area (TPSA) is 168 Å². The van der Waals surface area contributed by atoms with E-state index in [9.17, 15) is 23.0 Å². The SMILES string of the molecule is NS(=O)(=O)NCCC(=O)N[C@H]1Cc2cccc(C(=O)O)c2OB1O. The van der Waals surface area contributed by atoms with Crippen LogP contribution in [-0.4, -0.2) is 50.0 Å². The first-order valence-electron chi connectivity index (χ1n) is 6.94. The van der Waals surface area contributed by atoms with Gasteiger partial charge in [-0.2, -0.15) is 8.42 Å². The summed E-state index contributed by atoms with van der Waals surface area (Å²) >= 11 is 0. The molecule has 2 rings (SSSR count). The molecule has 0 unspecified atom stereocenters. The Hall–Kier alpha value is -2.15. The van der Waals surface area contributed by atoms with Crippen LogP contribution in [0.4, 0.5) is 0 Å². The van der Waals surface area contributed by atoms with Gasteiger partial charge < -0.3 is 20.1 Å². The predicted molar refractivity (Wildman–Crippen MR) is 83.4 cm³/mol. The Labute approximate surface area is 138 Å². The third-order valence-electron chi connectivity index (χ3n) is 3.35. The van der Waals surface area contributed by atoms with Crippen molar-refractivity contribution in [1.82, 2.24) is 10.0 Å². The Morgan fingerprint density at radius 2 is 2.12 bits per heavy atom. The first kappa shape index (κ1) is 18.2. The summed E-state index contributed by atoms with van der Waals surface area (Å²) in [5, 5.41) is 26.3. The highest BCUT2D eigenvalue weighted by Gasteiger charge is 2.37. The van der Waals surface area contributed by atoms with E-state index in [-0.39, 0.29) is 30.7 Å². The number of carbonyl (C=O) groups excluding carboxylic acids is 1. The minimum atomic E-state index is -3.88. The first-order chi connectivity index (χ1) is 11.2. The maximum Gasteiger partial charge on any atom is 0.547 e. The molecule has 24 heavy (non-hydrogen) atoms. The van der Waals surface area contributed by atoms with E-state index in [4.69, 9.17) is 14.9 Å². The zero-order valence-corrected chi connectivity index (χ0v) is 13.2. The van der Waals surface area contributed by atoms with Crippen LogP contribution in [0.1, 0.15) is 22.3 Å².